The molecule has 0 fully saturated rings. The number of aryl methyl sites for hydroxylation is 1. The molecule has 0 bridgehead atoms. The molecule has 1 amide bonds. The van der Waals surface area contributed by atoms with Gasteiger partial charge in [0.25, 0.3) is 5.91 Å². The first kappa shape index (κ1) is 13.5. The number of hydrogen-bond donors (Lipinski definition) is 1. The van der Waals surface area contributed by atoms with Gasteiger partial charge in [-0.1, -0.05) is 30.3 Å². The van der Waals surface area contributed by atoms with Crippen LogP contribution in [0, 0.1) is 6.92 Å². The number of nitrogens with one attached hydrogen (secondary N) is 1. The molecule has 1 aliphatic heterocycles. The monoisotopic (exact) mass is 283 g/mol. The molecule has 21 heavy (non-hydrogen) atoms. The predicted molar refractivity (Wildman–Crippen MR) is 80.8 cm³/mol. The fourth-order valence-electron chi connectivity index (χ4n) is 2.32. The molecular formula is C17H17NO3. The van der Waals surface area contributed by atoms with Gasteiger partial charge >= 0.3 is 0 Å². The van der Waals surface area contributed by atoms with Crippen LogP contribution in [0.3, 0.4) is 0 Å². The van der Waals surface area contributed by atoms with E-state index in [9.17, 15) is 4.79 Å². The molecule has 2 atom stereocenters. The molecule has 4 heteroatoms. The largest absolute Gasteiger partial charge is 0.482 e. The SMILES string of the molecule is Cc1ccccc1NC(=O)[C@@H]1Oc2ccccc2O[C@H]1C. The average Bonchev–Trinajstić information content (AvgIpc) is 2.49. The summed E-state index contributed by atoms with van der Waals surface area (Å²) in [6.45, 7) is 3.78. The first-order chi connectivity index (χ1) is 10.1. The number of amides is 1. The number of benzene rings is 2. The van der Waals surface area contributed by atoms with Crippen molar-refractivity contribution in [3.05, 3.63) is 54.1 Å². The molecule has 2 aromatic carbocycles. The summed E-state index contributed by atoms with van der Waals surface area (Å²) in [4.78, 5) is 12.4. The smallest absolute Gasteiger partial charge is 0.269 e. The van der Waals surface area contributed by atoms with Crippen molar-refractivity contribution in [2.45, 2.75) is 26.1 Å². The van der Waals surface area contributed by atoms with Gasteiger partial charge in [-0.25, -0.2) is 0 Å². The summed E-state index contributed by atoms with van der Waals surface area (Å²) < 4.78 is 11.5. The van der Waals surface area contributed by atoms with Crippen LogP contribution in [0.5, 0.6) is 11.5 Å². The Morgan fingerprint density at radius 1 is 1.00 bits per heavy atom. The molecule has 0 unspecified atom stereocenters. The highest BCUT2D eigenvalue weighted by atomic mass is 16.6. The Hall–Kier alpha value is -2.49. The number of rotatable bonds is 2. The molecule has 0 saturated heterocycles. The van der Waals surface area contributed by atoms with E-state index in [1.807, 2.05) is 56.3 Å². The van der Waals surface area contributed by atoms with Crippen LogP contribution in [-0.2, 0) is 4.79 Å². The van der Waals surface area contributed by atoms with Gasteiger partial charge in [-0.15, -0.1) is 0 Å². The van der Waals surface area contributed by atoms with Gasteiger partial charge in [0.2, 0.25) is 6.10 Å². The number of carbonyl (C=O) groups is 1. The van der Waals surface area contributed by atoms with E-state index in [4.69, 9.17) is 9.47 Å². The average molecular weight is 283 g/mol. The van der Waals surface area contributed by atoms with Crippen molar-refractivity contribution in [3.63, 3.8) is 0 Å². The summed E-state index contributed by atoms with van der Waals surface area (Å²) in [5.41, 5.74) is 1.80. The highest BCUT2D eigenvalue weighted by Gasteiger charge is 2.34. The lowest BCUT2D eigenvalue weighted by molar-refractivity contribution is -0.128. The maximum Gasteiger partial charge on any atom is 0.269 e. The molecule has 0 spiro atoms. The Labute approximate surface area is 123 Å². The van der Waals surface area contributed by atoms with E-state index in [0.29, 0.717) is 11.5 Å². The molecule has 0 radical (unpaired) electrons. The third-order valence-electron chi connectivity index (χ3n) is 3.50. The molecule has 1 aliphatic rings. The Morgan fingerprint density at radius 3 is 2.33 bits per heavy atom. The van der Waals surface area contributed by atoms with Gasteiger partial charge in [0.15, 0.2) is 11.5 Å². The van der Waals surface area contributed by atoms with E-state index >= 15 is 0 Å². The van der Waals surface area contributed by atoms with Crippen molar-refractivity contribution in [2.75, 3.05) is 5.32 Å². The number of hydrogen-bond acceptors (Lipinski definition) is 3. The number of fused-ring (bicyclic) bond motifs is 1. The minimum absolute atomic E-state index is 0.202. The highest BCUT2D eigenvalue weighted by Crippen LogP contribution is 2.33. The lowest BCUT2D eigenvalue weighted by Crippen LogP contribution is -2.46. The van der Waals surface area contributed by atoms with E-state index in [2.05, 4.69) is 5.32 Å². The molecule has 0 aromatic heterocycles. The normalized spacial score (nSPS) is 19.9. The van der Waals surface area contributed by atoms with Gasteiger partial charge < -0.3 is 14.8 Å². The minimum Gasteiger partial charge on any atom is -0.482 e. The standard InChI is InChI=1S/C17H17NO3/c1-11-7-3-4-8-13(11)18-17(19)16-12(2)20-14-9-5-6-10-15(14)21-16/h3-10,12,16H,1-2H3,(H,18,19)/t12-,16+/m0/s1. The number of para-hydroxylation sites is 3. The maximum absolute atomic E-state index is 12.4. The van der Waals surface area contributed by atoms with Crippen LogP contribution in [0.2, 0.25) is 0 Å². The van der Waals surface area contributed by atoms with Gasteiger partial charge in [0, 0.05) is 5.69 Å². The van der Waals surface area contributed by atoms with Crippen molar-refractivity contribution in [2.24, 2.45) is 0 Å². The van der Waals surface area contributed by atoms with E-state index in [1.54, 1.807) is 6.07 Å². The maximum atomic E-state index is 12.4. The summed E-state index contributed by atoms with van der Waals surface area (Å²) in [6.07, 6.45) is -1.01. The number of anilines is 1. The van der Waals surface area contributed by atoms with Crippen LogP contribution < -0.4 is 14.8 Å². The van der Waals surface area contributed by atoms with Crippen LogP contribution in [-0.4, -0.2) is 18.1 Å². The molecule has 0 saturated carbocycles. The fraction of sp³-hybridized carbons (Fsp3) is 0.235. The second kappa shape index (κ2) is 5.48. The molecule has 1 heterocycles. The summed E-state index contributed by atoms with van der Waals surface area (Å²) in [7, 11) is 0. The molecule has 0 aliphatic carbocycles. The molecule has 2 aromatic rings. The molecule has 108 valence electrons. The van der Waals surface area contributed by atoms with E-state index < -0.39 is 6.10 Å². The number of carbonyl (C=O) groups excluding carboxylic acids is 1. The van der Waals surface area contributed by atoms with E-state index in [-0.39, 0.29) is 12.0 Å². The topological polar surface area (TPSA) is 47.6 Å². The Bertz CT molecular complexity index is 669. The quantitative estimate of drug-likeness (QED) is 0.921. The van der Waals surface area contributed by atoms with E-state index in [0.717, 1.165) is 11.3 Å². The van der Waals surface area contributed by atoms with Gasteiger partial charge in [0.05, 0.1) is 0 Å². The number of ether oxygens (including phenoxy) is 2. The van der Waals surface area contributed by atoms with Crippen molar-refractivity contribution < 1.29 is 14.3 Å². The second-order valence-corrected chi connectivity index (χ2v) is 5.11. The zero-order chi connectivity index (χ0) is 14.8. The first-order valence-corrected chi connectivity index (χ1v) is 6.94. The van der Waals surface area contributed by atoms with E-state index in [1.165, 1.54) is 0 Å². The van der Waals surface area contributed by atoms with Crippen molar-refractivity contribution in [1.29, 1.82) is 0 Å². The summed E-state index contributed by atoms with van der Waals surface area (Å²) in [5.74, 6) is 1.07. The van der Waals surface area contributed by atoms with Gasteiger partial charge in [-0.05, 0) is 37.6 Å². The highest BCUT2D eigenvalue weighted by molar-refractivity contribution is 5.95. The van der Waals surface area contributed by atoms with Crippen molar-refractivity contribution in [1.82, 2.24) is 0 Å². The Morgan fingerprint density at radius 2 is 1.62 bits per heavy atom. The molecule has 4 nitrogen and oxygen atoms in total. The van der Waals surface area contributed by atoms with Gasteiger partial charge in [-0.2, -0.15) is 0 Å². The summed E-state index contributed by atoms with van der Waals surface area (Å²) in [5, 5.41) is 2.90. The van der Waals surface area contributed by atoms with Crippen molar-refractivity contribution in [3.8, 4) is 11.5 Å². The molecule has 3 rings (SSSR count). The summed E-state index contributed by atoms with van der Waals surface area (Å²) in [6, 6.07) is 15.0. The van der Waals surface area contributed by atoms with Gasteiger partial charge in [0.1, 0.15) is 6.10 Å². The van der Waals surface area contributed by atoms with Gasteiger partial charge in [-0.3, -0.25) is 4.79 Å². The zero-order valence-corrected chi connectivity index (χ0v) is 12.0. The first-order valence-electron chi connectivity index (χ1n) is 6.94. The van der Waals surface area contributed by atoms with Crippen molar-refractivity contribution >= 4 is 11.6 Å². The fourth-order valence-corrected chi connectivity index (χ4v) is 2.32. The molecule has 1 N–H and O–H groups in total. The van der Waals surface area contributed by atoms with Crippen LogP contribution in [0.15, 0.2) is 48.5 Å². The van der Waals surface area contributed by atoms with Crippen LogP contribution in [0.25, 0.3) is 0 Å². The lowest BCUT2D eigenvalue weighted by atomic mass is 10.1. The lowest BCUT2D eigenvalue weighted by Gasteiger charge is -2.31. The Kier molecular flexibility index (Phi) is 3.52. The van der Waals surface area contributed by atoms with Crippen LogP contribution in [0.4, 0.5) is 5.69 Å². The second-order valence-electron chi connectivity index (χ2n) is 5.11. The minimum atomic E-state index is -0.667. The van der Waals surface area contributed by atoms with Crippen LogP contribution >= 0.6 is 0 Å². The third kappa shape index (κ3) is 2.70. The van der Waals surface area contributed by atoms with Crippen LogP contribution in [0.1, 0.15) is 12.5 Å². The predicted octanol–water partition coefficient (Wildman–Crippen LogP) is 3.16. The summed E-state index contributed by atoms with van der Waals surface area (Å²) >= 11 is 0. The molecular weight excluding hydrogens is 266 g/mol. The third-order valence-corrected chi connectivity index (χ3v) is 3.50. The Balaban J connectivity index is 1.78. The zero-order valence-electron chi connectivity index (χ0n) is 12.0.